The highest BCUT2D eigenvalue weighted by atomic mass is 35.5. The van der Waals surface area contributed by atoms with Gasteiger partial charge in [0.15, 0.2) is 0 Å². The van der Waals surface area contributed by atoms with Gasteiger partial charge in [0.05, 0.1) is 11.4 Å². The average Bonchev–Trinajstić information content (AvgIpc) is 2.59. The third-order valence-electron chi connectivity index (χ3n) is 3.31. The molecule has 0 aromatic heterocycles. The number of carbonyl (C=O) groups excluding carboxylic acids is 1. The van der Waals surface area contributed by atoms with E-state index in [9.17, 15) is 4.79 Å². The SMILES string of the molecule is CN1C(=O)CN=C(c2ccccc2)c2ccccc21.Cl. The first-order chi connectivity index (χ1) is 9.27. The van der Waals surface area contributed by atoms with E-state index in [1.165, 1.54) is 0 Å². The molecule has 0 unspecified atom stereocenters. The lowest BCUT2D eigenvalue weighted by molar-refractivity contribution is -0.116. The summed E-state index contributed by atoms with van der Waals surface area (Å²) in [6, 6.07) is 17.9. The number of benzodiazepines with no additional fused rings is 1. The van der Waals surface area contributed by atoms with Crippen LogP contribution in [0.15, 0.2) is 59.6 Å². The fourth-order valence-corrected chi connectivity index (χ4v) is 2.28. The first-order valence-corrected chi connectivity index (χ1v) is 6.23. The smallest absolute Gasteiger partial charge is 0.248 e. The van der Waals surface area contributed by atoms with E-state index in [0.29, 0.717) is 0 Å². The second-order valence-corrected chi connectivity index (χ2v) is 4.50. The molecular weight excluding hydrogens is 272 g/mol. The third-order valence-corrected chi connectivity index (χ3v) is 3.31. The number of halogens is 1. The highest BCUT2D eigenvalue weighted by Crippen LogP contribution is 2.25. The highest BCUT2D eigenvalue weighted by molar-refractivity contribution is 6.19. The molecule has 0 bridgehead atoms. The van der Waals surface area contributed by atoms with E-state index >= 15 is 0 Å². The lowest BCUT2D eigenvalue weighted by Crippen LogP contribution is -2.27. The van der Waals surface area contributed by atoms with Gasteiger partial charge in [-0.25, -0.2) is 0 Å². The zero-order chi connectivity index (χ0) is 13.2. The number of fused-ring (bicyclic) bond motifs is 1. The standard InChI is InChI=1S/C16H14N2O.ClH/c1-18-14-10-6-5-9-13(14)16(17-11-15(18)19)12-7-3-2-4-8-12;/h2-10H,11H2,1H3;1H. The molecule has 1 amide bonds. The Hall–Kier alpha value is -2.13. The number of para-hydroxylation sites is 1. The summed E-state index contributed by atoms with van der Waals surface area (Å²) in [6.45, 7) is 0.190. The molecule has 0 saturated carbocycles. The molecule has 0 spiro atoms. The predicted molar refractivity (Wildman–Crippen MR) is 84.0 cm³/mol. The molecule has 3 nitrogen and oxygen atoms in total. The summed E-state index contributed by atoms with van der Waals surface area (Å²) in [5.41, 5.74) is 3.83. The van der Waals surface area contributed by atoms with Gasteiger partial charge in [0.25, 0.3) is 0 Å². The van der Waals surface area contributed by atoms with Crippen LogP contribution < -0.4 is 4.90 Å². The summed E-state index contributed by atoms with van der Waals surface area (Å²) < 4.78 is 0. The monoisotopic (exact) mass is 286 g/mol. The molecule has 4 heteroatoms. The van der Waals surface area contributed by atoms with Crippen LogP contribution in [0.3, 0.4) is 0 Å². The van der Waals surface area contributed by atoms with Crippen molar-refractivity contribution in [3.63, 3.8) is 0 Å². The van der Waals surface area contributed by atoms with Crippen molar-refractivity contribution >= 4 is 29.7 Å². The molecule has 1 heterocycles. The number of rotatable bonds is 1. The van der Waals surface area contributed by atoms with Crippen molar-refractivity contribution in [3.8, 4) is 0 Å². The molecule has 1 aliphatic heterocycles. The second-order valence-electron chi connectivity index (χ2n) is 4.50. The van der Waals surface area contributed by atoms with E-state index in [0.717, 1.165) is 22.5 Å². The number of aliphatic imine (C=N–C) groups is 1. The molecule has 0 N–H and O–H groups in total. The Bertz CT molecular complexity index is 653. The van der Waals surface area contributed by atoms with Gasteiger partial charge >= 0.3 is 0 Å². The lowest BCUT2D eigenvalue weighted by Gasteiger charge is -2.17. The zero-order valence-electron chi connectivity index (χ0n) is 11.1. The van der Waals surface area contributed by atoms with Gasteiger partial charge in [0.2, 0.25) is 5.91 Å². The van der Waals surface area contributed by atoms with Crippen molar-refractivity contribution in [2.45, 2.75) is 0 Å². The van der Waals surface area contributed by atoms with E-state index in [2.05, 4.69) is 4.99 Å². The first-order valence-electron chi connectivity index (χ1n) is 6.23. The van der Waals surface area contributed by atoms with Crippen LogP contribution in [-0.2, 0) is 4.79 Å². The van der Waals surface area contributed by atoms with Crippen LogP contribution in [0, 0.1) is 0 Å². The molecule has 1 aliphatic rings. The van der Waals surface area contributed by atoms with Crippen molar-refractivity contribution < 1.29 is 4.79 Å². The molecule has 0 saturated heterocycles. The maximum absolute atomic E-state index is 12.0. The average molecular weight is 287 g/mol. The number of nitrogens with zero attached hydrogens (tertiary/aromatic N) is 2. The van der Waals surface area contributed by atoms with Gasteiger partial charge in [0.1, 0.15) is 6.54 Å². The second kappa shape index (κ2) is 5.88. The van der Waals surface area contributed by atoms with E-state index in [-0.39, 0.29) is 24.9 Å². The maximum Gasteiger partial charge on any atom is 0.248 e. The van der Waals surface area contributed by atoms with Gasteiger partial charge in [-0.15, -0.1) is 12.4 Å². The lowest BCUT2D eigenvalue weighted by atomic mass is 10.0. The molecular formula is C16H15ClN2O. The minimum atomic E-state index is 0. The predicted octanol–water partition coefficient (Wildman–Crippen LogP) is 2.92. The minimum absolute atomic E-state index is 0. The van der Waals surface area contributed by atoms with Crippen molar-refractivity contribution in [1.82, 2.24) is 0 Å². The molecule has 20 heavy (non-hydrogen) atoms. The van der Waals surface area contributed by atoms with Gasteiger partial charge in [-0.3, -0.25) is 9.79 Å². The summed E-state index contributed by atoms with van der Waals surface area (Å²) in [7, 11) is 1.80. The van der Waals surface area contributed by atoms with Gasteiger partial charge in [-0.05, 0) is 6.07 Å². The fraction of sp³-hybridized carbons (Fsp3) is 0.125. The summed E-state index contributed by atoms with van der Waals surface area (Å²) in [5.74, 6) is 0.0124. The number of carbonyl (C=O) groups is 1. The van der Waals surface area contributed by atoms with Gasteiger partial charge in [-0.1, -0.05) is 48.5 Å². The highest BCUT2D eigenvalue weighted by Gasteiger charge is 2.21. The number of hydrogen-bond acceptors (Lipinski definition) is 2. The number of benzene rings is 2. The van der Waals surface area contributed by atoms with Gasteiger partial charge in [0, 0.05) is 18.2 Å². The van der Waals surface area contributed by atoms with Crippen LogP contribution in [0.5, 0.6) is 0 Å². The molecule has 2 aromatic carbocycles. The van der Waals surface area contributed by atoms with Crippen molar-refractivity contribution in [3.05, 3.63) is 65.7 Å². The molecule has 0 atom stereocenters. The minimum Gasteiger partial charge on any atom is -0.313 e. The largest absolute Gasteiger partial charge is 0.313 e. The number of likely N-dealkylation sites (N-methyl/N-ethyl adjacent to an activating group) is 1. The third kappa shape index (κ3) is 2.45. The number of amides is 1. The first kappa shape index (κ1) is 14.3. The van der Waals surface area contributed by atoms with Crippen LogP contribution in [0.4, 0.5) is 5.69 Å². The van der Waals surface area contributed by atoms with Crippen LogP contribution >= 0.6 is 12.4 Å². The molecule has 0 fully saturated rings. The molecule has 102 valence electrons. The summed E-state index contributed by atoms with van der Waals surface area (Å²) >= 11 is 0. The topological polar surface area (TPSA) is 32.7 Å². The van der Waals surface area contributed by atoms with Crippen LogP contribution in [0.1, 0.15) is 11.1 Å². The van der Waals surface area contributed by atoms with Crippen molar-refractivity contribution in [1.29, 1.82) is 0 Å². The normalized spacial score (nSPS) is 13.9. The van der Waals surface area contributed by atoms with Crippen LogP contribution in [-0.4, -0.2) is 25.2 Å². The van der Waals surface area contributed by atoms with Crippen LogP contribution in [0.2, 0.25) is 0 Å². The number of hydrogen-bond donors (Lipinski definition) is 0. The maximum atomic E-state index is 12.0. The fourth-order valence-electron chi connectivity index (χ4n) is 2.28. The van der Waals surface area contributed by atoms with Crippen LogP contribution in [0.25, 0.3) is 0 Å². The Balaban J connectivity index is 0.00000147. The zero-order valence-corrected chi connectivity index (χ0v) is 11.9. The number of anilines is 1. The molecule has 3 rings (SSSR count). The van der Waals surface area contributed by atoms with E-state index in [1.54, 1.807) is 11.9 Å². The quantitative estimate of drug-likeness (QED) is 0.793. The Morgan fingerprint density at radius 2 is 1.65 bits per heavy atom. The summed E-state index contributed by atoms with van der Waals surface area (Å²) in [6.07, 6.45) is 0. The van der Waals surface area contributed by atoms with Crippen molar-refractivity contribution in [2.75, 3.05) is 18.5 Å². The summed E-state index contributed by atoms with van der Waals surface area (Å²) in [4.78, 5) is 18.1. The molecule has 0 aliphatic carbocycles. The van der Waals surface area contributed by atoms with Gasteiger partial charge < -0.3 is 4.90 Å². The van der Waals surface area contributed by atoms with Crippen molar-refractivity contribution in [2.24, 2.45) is 4.99 Å². The summed E-state index contributed by atoms with van der Waals surface area (Å²) in [5, 5.41) is 0. The Kier molecular flexibility index (Phi) is 4.20. The molecule has 0 radical (unpaired) electrons. The van der Waals surface area contributed by atoms with E-state index in [1.807, 2.05) is 54.6 Å². The van der Waals surface area contributed by atoms with E-state index < -0.39 is 0 Å². The Morgan fingerprint density at radius 1 is 1.00 bits per heavy atom. The Morgan fingerprint density at radius 3 is 2.40 bits per heavy atom. The molecule has 2 aromatic rings. The van der Waals surface area contributed by atoms with E-state index in [4.69, 9.17) is 0 Å². The Labute approximate surface area is 124 Å². The van der Waals surface area contributed by atoms with Gasteiger partial charge in [-0.2, -0.15) is 0 Å².